The molecule has 114 valence electrons. The number of benzene rings is 1. The van der Waals surface area contributed by atoms with Crippen LogP contribution in [0.2, 0.25) is 0 Å². The molecule has 0 aromatic heterocycles. The van der Waals surface area contributed by atoms with Crippen LogP contribution in [-0.2, 0) is 9.53 Å². The molecular formula is C15H21N3O2S. The fraction of sp³-hybridized carbons (Fsp3) is 0.467. The van der Waals surface area contributed by atoms with Crippen LogP contribution in [0, 0.1) is 0 Å². The Balaban J connectivity index is 1.97. The molecule has 0 bridgehead atoms. The zero-order chi connectivity index (χ0) is 15.4. The Morgan fingerprint density at radius 3 is 2.62 bits per heavy atom. The van der Waals surface area contributed by atoms with Gasteiger partial charge in [0.15, 0.2) is 0 Å². The summed E-state index contributed by atoms with van der Waals surface area (Å²) in [6.07, 6.45) is 0.288. The van der Waals surface area contributed by atoms with Crippen LogP contribution in [0.5, 0.6) is 0 Å². The van der Waals surface area contributed by atoms with Crippen LogP contribution in [0.25, 0.3) is 0 Å². The molecule has 0 aliphatic carbocycles. The molecule has 1 aliphatic heterocycles. The number of hydrogen-bond donors (Lipinski definition) is 2. The van der Waals surface area contributed by atoms with Crippen molar-refractivity contribution in [3.8, 4) is 0 Å². The summed E-state index contributed by atoms with van der Waals surface area (Å²) in [7, 11) is 0. The number of para-hydroxylation sites is 1. The lowest BCUT2D eigenvalue weighted by atomic mass is 10.1. The van der Waals surface area contributed by atoms with Crippen molar-refractivity contribution in [1.82, 2.24) is 4.90 Å². The summed E-state index contributed by atoms with van der Waals surface area (Å²) in [5, 5.41) is 2.88. The van der Waals surface area contributed by atoms with Crippen molar-refractivity contribution in [1.29, 1.82) is 0 Å². The smallest absolute Gasteiger partial charge is 0.238 e. The minimum Gasteiger partial charge on any atom is -0.389 e. The maximum absolute atomic E-state index is 12.2. The first-order chi connectivity index (χ1) is 9.95. The van der Waals surface area contributed by atoms with Gasteiger partial charge in [-0.25, -0.2) is 0 Å². The first-order valence-electron chi connectivity index (χ1n) is 7.02. The molecule has 1 aromatic carbocycles. The topological polar surface area (TPSA) is 67.6 Å². The van der Waals surface area contributed by atoms with Gasteiger partial charge in [-0.3, -0.25) is 9.69 Å². The van der Waals surface area contributed by atoms with Gasteiger partial charge in [-0.15, -0.1) is 0 Å². The SMILES string of the molecule is CC1CN(CC(=O)Nc2ccccc2C(N)=S)CC(C)O1. The van der Waals surface area contributed by atoms with E-state index in [-0.39, 0.29) is 23.1 Å². The molecule has 0 radical (unpaired) electrons. The van der Waals surface area contributed by atoms with E-state index >= 15 is 0 Å². The van der Waals surface area contributed by atoms with Crippen LogP contribution in [-0.4, -0.2) is 47.6 Å². The van der Waals surface area contributed by atoms with E-state index in [2.05, 4.69) is 10.2 Å². The highest BCUT2D eigenvalue weighted by atomic mass is 32.1. The Labute approximate surface area is 130 Å². The molecule has 2 unspecified atom stereocenters. The molecule has 1 aromatic rings. The van der Waals surface area contributed by atoms with E-state index in [4.69, 9.17) is 22.7 Å². The van der Waals surface area contributed by atoms with Crippen molar-refractivity contribution in [3.63, 3.8) is 0 Å². The lowest BCUT2D eigenvalue weighted by molar-refractivity contribution is -0.121. The van der Waals surface area contributed by atoms with E-state index in [0.29, 0.717) is 17.8 Å². The van der Waals surface area contributed by atoms with Gasteiger partial charge < -0.3 is 15.8 Å². The minimum atomic E-state index is -0.0694. The number of nitrogens with one attached hydrogen (secondary N) is 1. The molecular weight excluding hydrogens is 286 g/mol. The molecule has 3 N–H and O–H groups in total. The molecule has 2 atom stereocenters. The van der Waals surface area contributed by atoms with Crippen molar-refractivity contribution in [2.45, 2.75) is 26.1 Å². The van der Waals surface area contributed by atoms with Gasteiger partial charge in [-0.05, 0) is 26.0 Å². The van der Waals surface area contributed by atoms with Crippen molar-refractivity contribution >= 4 is 28.8 Å². The monoisotopic (exact) mass is 307 g/mol. The summed E-state index contributed by atoms with van der Waals surface area (Å²) in [6, 6.07) is 7.29. The third-order valence-corrected chi connectivity index (χ3v) is 3.55. The van der Waals surface area contributed by atoms with E-state index < -0.39 is 0 Å². The van der Waals surface area contributed by atoms with E-state index in [1.807, 2.05) is 26.0 Å². The molecule has 1 aliphatic rings. The largest absolute Gasteiger partial charge is 0.389 e. The summed E-state index contributed by atoms with van der Waals surface area (Å²) in [5.74, 6) is -0.0694. The van der Waals surface area contributed by atoms with Crippen LogP contribution < -0.4 is 11.1 Å². The Morgan fingerprint density at radius 1 is 1.38 bits per heavy atom. The van der Waals surface area contributed by atoms with E-state index in [0.717, 1.165) is 13.1 Å². The van der Waals surface area contributed by atoms with Gasteiger partial charge >= 0.3 is 0 Å². The number of rotatable bonds is 4. The lowest BCUT2D eigenvalue weighted by Gasteiger charge is -2.34. The Hall–Kier alpha value is -1.50. The van der Waals surface area contributed by atoms with Crippen molar-refractivity contribution in [2.24, 2.45) is 5.73 Å². The number of carbonyl (C=O) groups excluding carboxylic acids is 1. The summed E-state index contributed by atoms with van der Waals surface area (Å²) < 4.78 is 5.66. The first kappa shape index (κ1) is 15.9. The maximum Gasteiger partial charge on any atom is 0.238 e. The third kappa shape index (κ3) is 4.49. The highest BCUT2D eigenvalue weighted by Crippen LogP contribution is 2.15. The quantitative estimate of drug-likeness (QED) is 0.822. The van der Waals surface area contributed by atoms with Crippen LogP contribution in [0.3, 0.4) is 0 Å². The van der Waals surface area contributed by atoms with Gasteiger partial charge in [0.1, 0.15) is 4.99 Å². The molecule has 1 heterocycles. The van der Waals surface area contributed by atoms with Gasteiger partial charge in [-0.1, -0.05) is 24.4 Å². The number of nitrogens with two attached hydrogens (primary N) is 1. The fourth-order valence-corrected chi connectivity index (χ4v) is 2.79. The van der Waals surface area contributed by atoms with Crippen LogP contribution in [0.1, 0.15) is 19.4 Å². The molecule has 6 heteroatoms. The number of amides is 1. The van der Waals surface area contributed by atoms with Crippen LogP contribution in [0.4, 0.5) is 5.69 Å². The second-order valence-electron chi connectivity index (χ2n) is 5.41. The number of hydrogen-bond acceptors (Lipinski definition) is 4. The fourth-order valence-electron chi connectivity index (χ4n) is 2.61. The average molecular weight is 307 g/mol. The molecule has 2 rings (SSSR count). The third-order valence-electron chi connectivity index (χ3n) is 3.33. The summed E-state index contributed by atoms with van der Waals surface area (Å²) >= 11 is 4.99. The molecule has 1 fully saturated rings. The second kappa shape index (κ2) is 6.98. The van der Waals surface area contributed by atoms with Gasteiger partial charge in [0.05, 0.1) is 24.4 Å². The van der Waals surface area contributed by atoms with Gasteiger partial charge in [0, 0.05) is 18.7 Å². The normalized spacial score (nSPS) is 22.8. The number of nitrogens with zero attached hydrogens (tertiary/aromatic N) is 1. The number of carbonyl (C=O) groups is 1. The van der Waals surface area contributed by atoms with Crippen LogP contribution >= 0.6 is 12.2 Å². The predicted octanol–water partition coefficient (Wildman–Crippen LogP) is 1.37. The Kier molecular flexibility index (Phi) is 5.27. The van der Waals surface area contributed by atoms with E-state index in [9.17, 15) is 4.79 Å². The van der Waals surface area contributed by atoms with Crippen LogP contribution in [0.15, 0.2) is 24.3 Å². The van der Waals surface area contributed by atoms with Gasteiger partial charge in [0.2, 0.25) is 5.91 Å². The first-order valence-corrected chi connectivity index (χ1v) is 7.43. The standard InChI is InChI=1S/C15H21N3O2S/c1-10-7-18(8-11(2)20-10)9-14(19)17-13-6-4-3-5-12(13)15(16)21/h3-6,10-11H,7-9H2,1-2H3,(H2,16,21)(H,17,19). The van der Waals surface area contributed by atoms with Crippen molar-refractivity contribution in [3.05, 3.63) is 29.8 Å². The second-order valence-corrected chi connectivity index (χ2v) is 5.85. The number of thiocarbonyl (C=S) groups is 1. The summed E-state index contributed by atoms with van der Waals surface area (Å²) in [5.41, 5.74) is 7.01. The van der Waals surface area contributed by atoms with E-state index in [1.165, 1.54) is 0 Å². The average Bonchev–Trinajstić information content (AvgIpc) is 2.37. The maximum atomic E-state index is 12.2. The summed E-state index contributed by atoms with van der Waals surface area (Å²) in [4.78, 5) is 14.6. The van der Waals surface area contributed by atoms with Gasteiger partial charge in [0.25, 0.3) is 0 Å². The highest BCUT2D eigenvalue weighted by Gasteiger charge is 2.23. The molecule has 1 saturated heterocycles. The molecule has 1 amide bonds. The van der Waals surface area contributed by atoms with E-state index in [1.54, 1.807) is 12.1 Å². The Bertz CT molecular complexity index is 525. The predicted molar refractivity (Wildman–Crippen MR) is 87.4 cm³/mol. The molecule has 21 heavy (non-hydrogen) atoms. The number of anilines is 1. The number of morpholine rings is 1. The molecule has 0 spiro atoms. The van der Waals surface area contributed by atoms with Crippen molar-refractivity contribution < 1.29 is 9.53 Å². The Morgan fingerprint density at radius 2 is 2.00 bits per heavy atom. The molecule has 0 saturated carbocycles. The van der Waals surface area contributed by atoms with Crippen molar-refractivity contribution in [2.75, 3.05) is 25.0 Å². The highest BCUT2D eigenvalue weighted by molar-refractivity contribution is 7.80. The lowest BCUT2D eigenvalue weighted by Crippen LogP contribution is -2.48. The zero-order valence-electron chi connectivity index (χ0n) is 12.3. The number of ether oxygens (including phenoxy) is 1. The minimum absolute atomic E-state index is 0.0694. The zero-order valence-corrected chi connectivity index (χ0v) is 13.2. The molecule has 5 nitrogen and oxygen atoms in total. The van der Waals surface area contributed by atoms with Gasteiger partial charge in [-0.2, -0.15) is 0 Å². The summed E-state index contributed by atoms with van der Waals surface area (Å²) in [6.45, 7) is 5.89.